The van der Waals surface area contributed by atoms with Crippen LogP contribution in [0, 0.1) is 32.1 Å². The number of nitrogens with zero attached hydrogens (tertiary/aromatic N) is 3. The number of hydrogen-bond acceptors (Lipinski definition) is 9. The molecule has 2 bridgehead atoms. The first-order valence-electron chi connectivity index (χ1n) is 17.3. The monoisotopic (exact) mass is 664 g/mol. The summed E-state index contributed by atoms with van der Waals surface area (Å²) in [4.78, 5) is 30.9. The Morgan fingerprint density at radius 1 is 1.04 bits per heavy atom. The van der Waals surface area contributed by atoms with Gasteiger partial charge in [-0.25, -0.2) is 0 Å². The van der Waals surface area contributed by atoms with E-state index in [2.05, 4.69) is 27.3 Å². The van der Waals surface area contributed by atoms with Crippen molar-refractivity contribution >= 4 is 11.9 Å². The third-order valence-corrected chi connectivity index (χ3v) is 11.1. The van der Waals surface area contributed by atoms with Gasteiger partial charge in [0.05, 0.1) is 18.2 Å². The molecular formula is C39H44N4O6. The van der Waals surface area contributed by atoms with Crippen LogP contribution in [0.5, 0.6) is 23.0 Å². The van der Waals surface area contributed by atoms with Crippen LogP contribution in [0.3, 0.4) is 0 Å². The van der Waals surface area contributed by atoms with Crippen LogP contribution in [0.25, 0.3) is 0 Å². The number of likely N-dealkylation sites (N-methyl/N-ethyl adjacent to an activating group) is 1. The number of phenols is 1. The summed E-state index contributed by atoms with van der Waals surface area (Å²) in [7, 11) is 2.05. The third kappa shape index (κ3) is 5.49. The lowest BCUT2D eigenvalue weighted by molar-refractivity contribution is -0.134. The van der Waals surface area contributed by atoms with Crippen molar-refractivity contribution < 1.29 is 28.9 Å². The average Bonchev–Trinajstić information content (AvgIpc) is 3.58. The molecule has 4 aliphatic heterocycles. The van der Waals surface area contributed by atoms with Crippen LogP contribution in [0.1, 0.15) is 82.8 Å². The van der Waals surface area contributed by atoms with Gasteiger partial charge in [0.15, 0.2) is 11.5 Å². The van der Waals surface area contributed by atoms with E-state index >= 15 is 0 Å². The molecule has 256 valence electrons. The summed E-state index contributed by atoms with van der Waals surface area (Å²) < 4.78 is 18.1. The molecule has 0 spiro atoms. The fourth-order valence-corrected chi connectivity index (χ4v) is 8.59. The van der Waals surface area contributed by atoms with Crippen LogP contribution in [-0.4, -0.2) is 65.3 Å². The molecular weight excluding hydrogens is 620 g/mol. The molecule has 1 fully saturated rings. The summed E-state index contributed by atoms with van der Waals surface area (Å²) in [5.74, 6) is 1.44. The van der Waals surface area contributed by atoms with Gasteiger partial charge in [0.25, 0.3) is 0 Å². The van der Waals surface area contributed by atoms with Crippen LogP contribution >= 0.6 is 0 Å². The smallest absolute Gasteiger partial charge is 0.311 e. The molecule has 10 nitrogen and oxygen atoms in total. The van der Waals surface area contributed by atoms with Crippen LogP contribution in [0.15, 0.2) is 36.4 Å². The first-order chi connectivity index (χ1) is 23.6. The first kappa shape index (κ1) is 32.9. The number of ether oxygens (including phenoxy) is 3. The van der Waals surface area contributed by atoms with E-state index in [1.54, 1.807) is 0 Å². The van der Waals surface area contributed by atoms with Crippen molar-refractivity contribution in [3.8, 4) is 29.1 Å². The molecule has 3 aromatic rings. The highest BCUT2D eigenvalue weighted by atomic mass is 16.7. The Hall–Kier alpha value is -4.59. The standard InChI is InChI=1S/C39H44N4O6/c1-6-10-32(45)49-37-22(3)21(2)15-25-16-27-29(18-40)43-28(35(33(25)37)42(27)5)17-26-34(39-38(47-20-48-39)23(4)36(26)46)30(43)19-41-31(44)14-13-24-11-8-7-9-12-24/h7-9,11-12,15,27-30,35,46H,6,10,13-14,16-17,19-20H2,1-5H3,(H,41,44)/t27-,28?,29-,30-,35-/m0/s1. The molecule has 0 saturated carbocycles. The van der Waals surface area contributed by atoms with Gasteiger partial charge in [-0.15, -0.1) is 0 Å². The molecule has 49 heavy (non-hydrogen) atoms. The molecule has 4 aliphatic rings. The lowest BCUT2D eigenvalue weighted by atomic mass is 9.71. The Morgan fingerprint density at radius 2 is 1.80 bits per heavy atom. The number of benzene rings is 3. The summed E-state index contributed by atoms with van der Waals surface area (Å²) in [6.45, 7) is 8.05. The minimum absolute atomic E-state index is 0.0276. The molecule has 1 saturated heterocycles. The van der Waals surface area contributed by atoms with Gasteiger partial charge in [0, 0.05) is 53.7 Å². The number of aryl methyl sites for hydroxylation is 2. The lowest BCUT2D eigenvalue weighted by Gasteiger charge is -2.60. The molecule has 0 aliphatic carbocycles. The van der Waals surface area contributed by atoms with E-state index in [1.807, 2.05) is 65.1 Å². The van der Waals surface area contributed by atoms with Gasteiger partial charge in [-0.1, -0.05) is 43.3 Å². The van der Waals surface area contributed by atoms with Gasteiger partial charge in [0.2, 0.25) is 12.7 Å². The summed E-state index contributed by atoms with van der Waals surface area (Å²) >= 11 is 0. The van der Waals surface area contributed by atoms with Crippen molar-refractivity contribution in [2.24, 2.45) is 0 Å². The van der Waals surface area contributed by atoms with E-state index in [0.717, 1.165) is 38.9 Å². The topological polar surface area (TPSA) is 124 Å². The fraction of sp³-hybridized carbons (Fsp3) is 0.462. The number of carbonyl (C=O) groups excluding carboxylic acids is 2. The number of amides is 1. The predicted octanol–water partition coefficient (Wildman–Crippen LogP) is 5.27. The molecule has 7 rings (SSSR count). The molecule has 1 unspecified atom stereocenters. The molecule has 2 N–H and O–H groups in total. The highest BCUT2D eigenvalue weighted by Gasteiger charge is 2.56. The first-order valence-corrected chi connectivity index (χ1v) is 17.3. The SMILES string of the molecule is CCCC(=O)Oc1c(C)c(C)cc2c1[C@@H]1C3Cc4c(O)c(C)c5c(c4[C@H](CNC(=O)CCc4ccccc4)N3[C@@H](C#N)[C@H](C2)N1C)OCO5. The Labute approximate surface area is 287 Å². The van der Waals surface area contributed by atoms with Gasteiger partial charge in [0.1, 0.15) is 17.5 Å². The number of aromatic hydroxyl groups is 1. The van der Waals surface area contributed by atoms with Crippen LogP contribution in [0.4, 0.5) is 0 Å². The second-order valence-electron chi connectivity index (χ2n) is 13.9. The van der Waals surface area contributed by atoms with E-state index < -0.39 is 12.1 Å². The predicted molar refractivity (Wildman–Crippen MR) is 183 cm³/mol. The zero-order valence-corrected chi connectivity index (χ0v) is 28.8. The van der Waals surface area contributed by atoms with Crippen molar-refractivity contribution in [3.05, 3.63) is 80.9 Å². The number of rotatable bonds is 8. The summed E-state index contributed by atoms with van der Waals surface area (Å²) in [6.07, 6.45) is 2.95. The molecule has 1 amide bonds. The van der Waals surface area contributed by atoms with Crippen molar-refractivity contribution in [1.82, 2.24) is 15.1 Å². The van der Waals surface area contributed by atoms with Gasteiger partial charge in [-0.05, 0) is 75.8 Å². The van der Waals surface area contributed by atoms with Crippen molar-refractivity contribution in [1.29, 1.82) is 5.26 Å². The Bertz CT molecular complexity index is 1850. The second-order valence-corrected chi connectivity index (χ2v) is 13.9. The van der Waals surface area contributed by atoms with Crippen molar-refractivity contribution in [3.63, 3.8) is 0 Å². The van der Waals surface area contributed by atoms with E-state index in [0.29, 0.717) is 61.3 Å². The summed E-state index contributed by atoms with van der Waals surface area (Å²) in [6, 6.07) is 13.0. The number of piperazine rings is 1. The van der Waals surface area contributed by atoms with Crippen molar-refractivity contribution in [2.75, 3.05) is 20.4 Å². The maximum absolute atomic E-state index is 13.4. The maximum atomic E-state index is 13.4. The van der Waals surface area contributed by atoms with E-state index in [9.17, 15) is 20.0 Å². The van der Waals surface area contributed by atoms with Gasteiger partial charge < -0.3 is 24.6 Å². The largest absolute Gasteiger partial charge is 0.507 e. The zero-order valence-electron chi connectivity index (χ0n) is 28.8. The van der Waals surface area contributed by atoms with Crippen LogP contribution < -0.4 is 19.5 Å². The quantitative estimate of drug-likeness (QED) is 0.245. The minimum Gasteiger partial charge on any atom is -0.507 e. The lowest BCUT2D eigenvalue weighted by Crippen LogP contribution is -2.68. The summed E-state index contributed by atoms with van der Waals surface area (Å²) in [5.41, 5.74) is 7.18. The Kier molecular flexibility index (Phi) is 8.76. The highest BCUT2D eigenvalue weighted by molar-refractivity contribution is 5.76. The number of fused-ring (bicyclic) bond motifs is 9. The number of esters is 1. The third-order valence-electron chi connectivity index (χ3n) is 11.1. The van der Waals surface area contributed by atoms with Crippen molar-refractivity contribution in [2.45, 2.75) is 96.4 Å². The number of nitriles is 1. The number of carbonyl (C=O) groups is 2. The maximum Gasteiger partial charge on any atom is 0.311 e. The number of phenolic OH excluding ortho intramolecular Hbond substituents is 1. The van der Waals surface area contributed by atoms with E-state index in [4.69, 9.17) is 14.2 Å². The average molecular weight is 665 g/mol. The van der Waals surface area contributed by atoms with Gasteiger partial charge >= 0.3 is 5.97 Å². The second kappa shape index (κ2) is 13.0. The normalized spacial score (nSPS) is 23.6. The number of hydrogen-bond donors (Lipinski definition) is 2. The number of nitrogens with one attached hydrogen (secondary N) is 1. The minimum atomic E-state index is -0.534. The Balaban J connectivity index is 1.34. The van der Waals surface area contributed by atoms with Gasteiger partial charge in [-0.2, -0.15) is 5.26 Å². The van der Waals surface area contributed by atoms with Gasteiger partial charge in [-0.3, -0.25) is 19.4 Å². The molecule has 3 aromatic carbocycles. The molecule has 5 atom stereocenters. The highest BCUT2D eigenvalue weighted by Crippen LogP contribution is 2.57. The Morgan fingerprint density at radius 3 is 2.53 bits per heavy atom. The fourth-order valence-electron chi connectivity index (χ4n) is 8.59. The van der Waals surface area contributed by atoms with E-state index in [1.165, 1.54) is 0 Å². The van der Waals surface area contributed by atoms with Crippen LogP contribution in [-0.2, 0) is 28.9 Å². The van der Waals surface area contributed by atoms with Crippen LogP contribution in [0.2, 0.25) is 0 Å². The molecule has 0 radical (unpaired) electrons. The summed E-state index contributed by atoms with van der Waals surface area (Å²) in [5, 5.41) is 25.8. The molecule has 4 heterocycles. The van der Waals surface area contributed by atoms with E-state index in [-0.39, 0.29) is 49.1 Å². The molecule has 10 heteroatoms. The molecule has 0 aromatic heterocycles. The zero-order chi connectivity index (χ0) is 34.6.